The van der Waals surface area contributed by atoms with Crippen LogP contribution in [0.3, 0.4) is 0 Å². The fourth-order valence-corrected chi connectivity index (χ4v) is 5.94. The molecular weight excluding hydrogens is 560 g/mol. The third-order valence-electron chi connectivity index (χ3n) is 8.25. The van der Waals surface area contributed by atoms with E-state index in [1.807, 2.05) is 72.9 Å². The number of nitrogens with zero attached hydrogens (tertiary/aromatic N) is 4. The average Bonchev–Trinajstić information content (AvgIpc) is 3.15. The van der Waals surface area contributed by atoms with Gasteiger partial charge in [0.25, 0.3) is 0 Å². The topological polar surface area (TPSA) is 51.6 Å². The van der Waals surface area contributed by atoms with Crippen molar-refractivity contribution in [1.29, 1.82) is 0 Å². The lowest BCUT2D eigenvalue weighted by atomic mass is 9.91. The van der Waals surface area contributed by atoms with E-state index in [-0.39, 0.29) is 0 Å². The van der Waals surface area contributed by atoms with Crippen molar-refractivity contribution in [2.24, 2.45) is 0 Å². The summed E-state index contributed by atoms with van der Waals surface area (Å²) in [6.45, 7) is 0. The van der Waals surface area contributed by atoms with Crippen LogP contribution in [0.25, 0.3) is 78.3 Å². The van der Waals surface area contributed by atoms with Crippen molar-refractivity contribution < 1.29 is 0 Å². The Hall–Kier alpha value is -6.26. The molecule has 0 radical (unpaired) electrons. The molecule has 6 aromatic carbocycles. The van der Waals surface area contributed by atoms with Gasteiger partial charge in [-0.2, -0.15) is 0 Å². The minimum Gasteiger partial charge on any atom is -0.264 e. The van der Waals surface area contributed by atoms with E-state index in [1.54, 1.807) is 6.20 Å². The molecule has 0 saturated heterocycles. The second-order valence-electron chi connectivity index (χ2n) is 11.1. The van der Waals surface area contributed by atoms with Gasteiger partial charge in [-0.15, -0.1) is 0 Å². The molecule has 0 N–H and O–H groups in total. The second-order valence-corrected chi connectivity index (χ2v) is 11.1. The van der Waals surface area contributed by atoms with Crippen molar-refractivity contribution in [3.8, 4) is 67.5 Å². The van der Waals surface area contributed by atoms with Gasteiger partial charge in [-0.3, -0.25) is 4.98 Å². The number of fused-ring (bicyclic) bond motifs is 1. The van der Waals surface area contributed by atoms with E-state index >= 15 is 0 Å². The molecule has 0 aliphatic heterocycles. The van der Waals surface area contributed by atoms with Crippen molar-refractivity contribution in [3.63, 3.8) is 0 Å². The van der Waals surface area contributed by atoms with Crippen molar-refractivity contribution in [2.75, 3.05) is 0 Å². The van der Waals surface area contributed by atoms with Gasteiger partial charge in [0.15, 0.2) is 17.5 Å². The molecule has 0 fully saturated rings. The predicted molar refractivity (Wildman–Crippen MR) is 188 cm³/mol. The molecule has 2 heterocycles. The van der Waals surface area contributed by atoms with Gasteiger partial charge in [0.05, 0.1) is 0 Å². The fraction of sp³-hybridized carbons (Fsp3) is 0. The van der Waals surface area contributed by atoms with Gasteiger partial charge in [-0.25, -0.2) is 15.0 Å². The molecule has 4 nitrogen and oxygen atoms in total. The number of hydrogen-bond acceptors (Lipinski definition) is 4. The first-order valence-electron chi connectivity index (χ1n) is 15.3. The number of rotatable bonds is 6. The Kier molecular flexibility index (Phi) is 7.14. The third kappa shape index (κ3) is 5.33. The lowest BCUT2D eigenvalue weighted by Crippen LogP contribution is -2.00. The molecule has 8 aromatic rings. The first kappa shape index (κ1) is 27.3. The summed E-state index contributed by atoms with van der Waals surface area (Å²) in [5, 5.41) is 2.40. The Morgan fingerprint density at radius 2 is 0.783 bits per heavy atom. The van der Waals surface area contributed by atoms with E-state index in [4.69, 9.17) is 15.0 Å². The first-order chi connectivity index (χ1) is 22.8. The van der Waals surface area contributed by atoms with Gasteiger partial charge in [0.2, 0.25) is 0 Å². The van der Waals surface area contributed by atoms with Crippen LogP contribution in [0.1, 0.15) is 0 Å². The monoisotopic (exact) mass is 588 g/mol. The highest BCUT2D eigenvalue weighted by Crippen LogP contribution is 2.37. The summed E-state index contributed by atoms with van der Waals surface area (Å²) >= 11 is 0. The van der Waals surface area contributed by atoms with Gasteiger partial charge < -0.3 is 0 Å². The lowest BCUT2D eigenvalue weighted by molar-refractivity contribution is 1.07. The normalized spacial score (nSPS) is 11.0. The van der Waals surface area contributed by atoms with Gasteiger partial charge in [-0.1, -0.05) is 146 Å². The van der Waals surface area contributed by atoms with Crippen LogP contribution >= 0.6 is 0 Å². The molecule has 4 heteroatoms. The Bertz CT molecular complexity index is 2220. The van der Waals surface area contributed by atoms with Crippen molar-refractivity contribution in [2.45, 2.75) is 0 Å². The number of hydrogen-bond donors (Lipinski definition) is 0. The third-order valence-corrected chi connectivity index (χ3v) is 8.25. The maximum absolute atomic E-state index is 4.95. The zero-order valence-electron chi connectivity index (χ0n) is 25.0. The summed E-state index contributed by atoms with van der Waals surface area (Å²) in [4.78, 5) is 19.0. The van der Waals surface area contributed by atoms with Crippen LogP contribution in [0, 0.1) is 0 Å². The summed E-state index contributed by atoms with van der Waals surface area (Å²) in [5.74, 6) is 1.95. The fourth-order valence-electron chi connectivity index (χ4n) is 5.94. The maximum Gasteiger partial charge on any atom is 0.164 e. The van der Waals surface area contributed by atoms with Crippen LogP contribution in [0.4, 0.5) is 0 Å². The maximum atomic E-state index is 4.95. The highest BCUT2D eigenvalue weighted by molar-refractivity contribution is 6.05. The van der Waals surface area contributed by atoms with Crippen LogP contribution in [0.2, 0.25) is 0 Å². The van der Waals surface area contributed by atoms with Crippen LogP contribution in [-0.4, -0.2) is 19.9 Å². The Morgan fingerprint density at radius 3 is 1.37 bits per heavy atom. The zero-order valence-corrected chi connectivity index (χ0v) is 25.0. The molecule has 0 spiro atoms. The quantitative estimate of drug-likeness (QED) is 0.194. The number of aromatic nitrogens is 4. The van der Waals surface area contributed by atoms with Crippen LogP contribution < -0.4 is 0 Å². The van der Waals surface area contributed by atoms with E-state index in [0.717, 1.165) is 38.9 Å². The molecule has 0 aliphatic carbocycles. The summed E-state index contributed by atoms with van der Waals surface area (Å²) in [6, 6.07) is 54.5. The van der Waals surface area contributed by atoms with E-state index in [0.29, 0.717) is 17.5 Å². The van der Waals surface area contributed by atoms with Gasteiger partial charge in [-0.05, 0) is 56.3 Å². The molecular formula is C42H28N4. The minimum absolute atomic E-state index is 0.643. The molecule has 0 atom stereocenters. The molecule has 0 unspecified atom stereocenters. The average molecular weight is 589 g/mol. The highest BCUT2D eigenvalue weighted by Gasteiger charge is 2.14. The predicted octanol–water partition coefficient (Wildman–Crippen LogP) is 10.4. The van der Waals surface area contributed by atoms with E-state index in [1.165, 1.54) is 21.9 Å². The number of pyridine rings is 1. The summed E-state index contributed by atoms with van der Waals surface area (Å²) in [5.41, 5.74) is 9.75. The lowest BCUT2D eigenvalue weighted by Gasteiger charge is -2.14. The van der Waals surface area contributed by atoms with Gasteiger partial charge in [0, 0.05) is 29.1 Å². The van der Waals surface area contributed by atoms with E-state index < -0.39 is 0 Å². The smallest absolute Gasteiger partial charge is 0.164 e. The van der Waals surface area contributed by atoms with Gasteiger partial charge in [0.1, 0.15) is 0 Å². The molecule has 0 saturated carbocycles. The largest absolute Gasteiger partial charge is 0.264 e. The van der Waals surface area contributed by atoms with Crippen molar-refractivity contribution >= 4 is 10.8 Å². The van der Waals surface area contributed by atoms with Crippen molar-refractivity contribution in [1.82, 2.24) is 19.9 Å². The summed E-state index contributed by atoms with van der Waals surface area (Å²) in [6.07, 6.45) is 3.70. The Balaban J connectivity index is 1.21. The van der Waals surface area contributed by atoms with Crippen LogP contribution in [0.15, 0.2) is 170 Å². The molecule has 0 amide bonds. The molecule has 46 heavy (non-hydrogen) atoms. The summed E-state index contributed by atoms with van der Waals surface area (Å²) in [7, 11) is 0. The molecule has 216 valence electrons. The highest BCUT2D eigenvalue weighted by atomic mass is 15.0. The first-order valence-corrected chi connectivity index (χ1v) is 15.3. The van der Waals surface area contributed by atoms with Crippen molar-refractivity contribution in [3.05, 3.63) is 170 Å². The van der Waals surface area contributed by atoms with E-state index in [9.17, 15) is 0 Å². The SMILES string of the molecule is c1ccc(-c2nc(-c3ccccc3)nc(-c3cccc(-c4ccc(-c5ccc(-c6cccnc6)cc5)c5ccccc45)c3)n2)cc1. The second kappa shape index (κ2) is 12.0. The number of benzene rings is 6. The molecule has 8 rings (SSSR count). The van der Waals surface area contributed by atoms with Crippen LogP contribution in [-0.2, 0) is 0 Å². The molecule has 0 bridgehead atoms. The minimum atomic E-state index is 0.643. The standard InChI is InChI=1S/C42H28N4/c1-3-11-31(12-4-1)40-44-41(32-13-5-2-6-14-32)46-42(45-40)34-16-9-15-33(27-34)37-25-24-36(38-18-7-8-19-39(37)38)30-22-20-29(21-23-30)35-17-10-26-43-28-35/h1-28H. The molecule has 2 aromatic heterocycles. The van der Waals surface area contributed by atoms with Crippen LogP contribution in [0.5, 0.6) is 0 Å². The molecule has 0 aliphatic rings. The Morgan fingerprint density at radius 1 is 0.304 bits per heavy atom. The van der Waals surface area contributed by atoms with Gasteiger partial charge >= 0.3 is 0 Å². The summed E-state index contributed by atoms with van der Waals surface area (Å²) < 4.78 is 0. The Labute approximate surface area is 267 Å². The van der Waals surface area contributed by atoms with E-state index in [2.05, 4.69) is 96.0 Å². The zero-order chi connectivity index (χ0) is 30.7.